The smallest absolute Gasteiger partial charge is 0.242 e. The number of thiophene rings is 1. The van der Waals surface area contributed by atoms with E-state index in [1.54, 1.807) is 23.7 Å². The molecule has 0 fully saturated rings. The monoisotopic (exact) mass is 313 g/mol. The molecular formula is C15H15N5OS. The van der Waals surface area contributed by atoms with Gasteiger partial charge >= 0.3 is 0 Å². The summed E-state index contributed by atoms with van der Waals surface area (Å²) in [6.45, 7) is 0.153. The van der Waals surface area contributed by atoms with Crippen molar-refractivity contribution in [3.05, 3.63) is 65.1 Å². The highest BCUT2D eigenvalue weighted by Gasteiger charge is 2.16. The number of carbonyl (C=O) groups is 1. The van der Waals surface area contributed by atoms with E-state index in [9.17, 15) is 4.79 Å². The number of pyridine rings is 1. The Morgan fingerprint density at radius 2 is 2.32 bits per heavy atom. The third-order valence-electron chi connectivity index (χ3n) is 3.21. The molecule has 22 heavy (non-hydrogen) atoms. The predicted molar refractivity (Wildman–Crippen MR) is 83.2 cm³/mol. The normalized spacial score (nSPS) is 12.0. The van der Waals surface area contributed by atoms with Crippen LogP contribution in [0.1, 0.15) is 17.2 Å². The van der Waals surface area contributed by atoms with Crippen LogP contribution in [0.2, 0.25) is 0 Å². The molecule has 3 aromatic heterocycles. The van der Waals surface area contributed by atoms with Crippen molar-refractivity contribution in [3.8, 4) is 0 Å². The number of rotatable bonds is 6. The minimum absolute atomic E-state index is 0.102. The van der Waals surface area contributed by atoms with E-state index in [2.05, 4.69) is 31.8 Å². The van der Waals surface area contributed by atoms with Crippen LogP contribution in [-0.2, 0) is 17.8 Å². The van der Waals surface area contributed by atoms with Crippen LogP contribution in [0.5, 0.6) is 0 Å². The van der Waals surface area contributed by atoms with Crippen molar-refractivity contribution >= 4 is 17.2 Å². The summed E-state index contributed by atoms with van der Waals surface area (Å²) in [4.78, 5) is 20.2. The average molecular weight is 313 g/mol. The molecule has 6 nitrogen and oxygen atoms in total. The zero-order valence-electron chi connectivity index (χ0n) is 11.8. The van der Waals surface area contributed by atoms with Crippen molar-refractivity contribution in [2.75, 3.05) is 0 Å². The summed E-state index contributed by atoms with van der Waals surface area (Å²) in [5.41, 5.74) is 2.18. The van der Waals surface area contributed by atoms with Crippen molar-refractivity contribution in [2.24, 2.45) is 0 Å². The highest BCUT2D eigenvalue weighted by molar-refractivity contribution is 7.07. The second kappa shape index (κ2) is 6.95. The molecule has 0 spiro atoms. The van der Waals surface area contributed by atoms with Crippen molar-refractivity contribution in [1.82, 2.24) is 25.1 Å². The van der Waals surface area contributed by atoms with Crippen LogP contribution in [0.3, 0.4) is 0 Å². The van der Waals surface area contributed by atoms with E-state index >= 15 is 0 Å². The minimum Gasteiger partial charge on any atom is -0.347 e. The van der Waals surface area contributed by atoms with E-state index in [1.165, 1.54) is 22.9 Å². The van der Waals surface area contributed by atoms with Crippen molar-refractivity contribution in [3.63, 3.8) is 0 Å². The van der Waals surface area contributed by atoms with E-state index in [4.69, 9.17) is 0 Å². The van der Waals surface area contributed by atoms with E-state index in [1.807, 2.05) is 17.5 Å². The maximum atomic E-state index is 12.2. The Labute approximate surface area is 131 Å². The fourth-order valence-electron chi connectivity index (χ4n) is 2.18. The first-order valence-corrected chi connectivity index (χ1v) is 7.78. The Morgan fingerprint density at radius 1 is 1.36 bits per heavy atom. The van der Waals surface area contributed by atoms with Gasteiger partial charge in [-0.1, -0.05) is 6.07 Å². The van der Waals surface area contributed by atoms with Crippen LogP contribution in [0.4, 0.5) is 0 Å². The van der Waals surface area contributed by atoms with Crippen molar-refractivity contribution in [1.29, 1.82) is 0 Å². The third kappa shape index (κ3) is 3.76. The maximum Gasteiger partial charge on any atom is 0.242 e. The molecular weight excluding hydrogens is 298 g/mol. The van der Waals surface area contributed by atoms with Gasteiger partial charge < -0.3 is 5.32 Å². The largest absolute Gasteiger partial charge is 0.347 e. The summed E-state index contributed by atoms with van der Waals surface area (Å²) in [6, 6.07) is 5.80. The van der Waals surface area contributed by atoms with Crippen molar-refractivity contribution < 1.29 is 4.79 Å². The van der Waals surface area contributed by atoms with E-state index in [0.717, 1.165) is 12.0 Å². The van der Waals surface area contributed by atoms with Crippen LogP contribution >= 0.6 is 11.3 Å². The minimum atomic E-state index is -0.112. The van der Waals surface area contributed by atoms with Gasteiger partial charge in [0, 0.05) is 12.4 Å². The number of aromatic nitrogens is 4. The standard InChI is InChI=1S/C15H15N5OS/c21-15(8-20-11-17-10-18-20)19-14(6-12-3-5-22-9-12)13-2-1-4-16-7-13/h1-5,7,9-11,14H,6,8H2,(H,19,21)/t14-/m0/s1. The van der Waals surface area contributed by atoms with Crippen LogP contribution in [0.15, 0.2) is 54.0 Å². The molecule has 1 amide bonds. The lowest BCUT2D eigenvalue weighted by molar-refractivity contribution is -0.122. The number of hydrogen-bond acceptors (Lipinski definition) is 5. The van der Waals surface area contributed by atoms with Crippen LogP contribution in [0.25, 0.3) is 0 Å². The van der Waals surface area contributed by atoms with Gasteiger partial charge in [0.25, 0.3) is 0 Å². The number of nitrogens with one attached hydrogen (secondary N) is 1. The number of nitrogens with zero attached hydrogens (tertiary/aromatic N) is 4. The average Bonchev–Trinajstić information content (AvgIpc) is 3.21. The summed E-state index contributed by atoms with van der Waals surface area (Å²) in [6.07, 6.45) is 7.18. The van der Waals surface area contributed by atoms with Gasteiger partial charge in [-0.3, -0.25) is 9.78 Å². The quantitative estimate of drug-likeness (QED) is 0.753. The molecule has 0 aliphatic heterocycles. The zero-order chi connectivity index (χ0) is 15.2. The molecule has 1 N–H and O–H groups in total. The fourth-order valence-corrected chi connectivity index (χ4v) is 2.86. The number of hydrogen-bond donors (Lipinski definition) is 1. The van der Waals surface area contributed by atoms with E-state index in [0.29, 0.717) is 0 Å². The summed E-state index contributed by atoms with van der Waals surface area (Å²) in [7, 11) is 0. The first-order valence-electron chi connectivity index (χ1n) is 6.84. The molecule has 0 unspecified atom stereocenters. The van der Waals surface area contributed by atoms with E-state index in [-0.39, 0.29) is 18.5 Å². The lowest BCUT2D eigenvalue weighted by atomic mass is 10.0. The Hall–Kier alpha value is -2.54. The highest BCUT2D eigenvalue weighted by atomic mass is 32.1. The topological polar surface area (TPSA) is 72.7 Å². The van der Waals surface area contributed by atoms with E-state index < -0.39 is 0 Å². The summed E-state index contributed by atoms with van der Waals surface area (Å²) in [5.74, 6) is -0.102. The molecule has 3 heterocycles. The lowest BCUT2D eigenvalue weighted by Gasteiger charge is -2.18. The number of carbonyl (C=O) groups excluding carboxylic acids is 1. The molecule has 1 atom stereocenters. The lowest BCUT2D eigenvalue weighted by Crippen LogP contribution is -2.32. The molecule has 3 aromatic rings. The Balaban J connectivity index is 1.72. The van der Waals surface area contributed by atoms with Gasteiger partial charge in [-0.15, -0.1) is 0 Å². The molecule has 0 radical (unpaired) electrons. The van der Waals surface area contributed by atoms with Gasteiger partial charge in [0.2, 0.25) is 5.91 Å². The predicted octanol–water partition coefficient (Wildman–Crippen LogP) is 1.83. The molecule has 0 aromatic carbocycles. The Bertz CT molecular complexity index is 697. The highest BCUT2D eigenvalue weighted by Crippen LogP contribution is 2.19. The second-order valence-electron chi connectivity index (χ2n) is 4.84. The van der Waals surface area contributed by atoms with Crippen LogP contribution in [-0.4, -0.2) is 25.7 Å². The van der Waals surface area contributed by atoms with Gasteiger partial charge in [0.15, 0.2) is 0 Å². The van der Waals surface area contributed by atoms with Gasteiger partial charge in [0.05, 0.1) is 6.04 Å². The first-order chi connectivity index (χ1) is 10.8. The first kappa shape index (κ1) is 14.4. The maximum absolute atomic E-state index is 12.2. The molecule has 3 rings (SSSR count). The molecule has 0 saturated heterocycles. The van der Waals surface area contributed by atoms with Crippen LogP contribution in [0, 0.1) is 0 Å². The number of amides is 1. The Morgan fingerprint density at radius 3 is 3.00 bits per heavy atom. The molecule has 7 heteroatoms. The molecule has 0 bridgehead atoms. The molecule has 112 valence electrons. The molecule has 0 saturated carbocycles. The van der Waals surface area contributed by atoms with Gasteiger partial charge in [0.1, 0.15) is 19.2 Å². The molecule has 0 aliphatic rings. The van der Waals surface area contributed by atoms with Crippen LogP contribution < -0.4 is 5.32 Å². The van der Waals surface area contributed by atoms with Crippen molar-refractivity contribution in [2.45, 2.75) is 19.0 Å². The summed E-state index contributed by atoms with van der Waals surface area (Å²) >= 11 is 1.65. The molecule has 0 aliphatic carbocycles. The summed E-state index contributed by atoms with van der Waals surface area (Å²) in [5, 5.41) is 11.1. The third-order valence-corrected chi connectivity index (χ3v) is 3.95. The fraction of sp³-hybridized carbons (Fsp3) is 0.200. The van der Waals surface area contributed by atoms with Gasteiger partial charge in [-0.2, -0.15) is 16.4 Å². The van der Waals surface area contributed by atoms with Gasteiger partial charge in [-0.05, 0) is 40.4 Å². The second-order valence-corrected chi connectivity index (χ2v) is 5.62. The SMILES string of the molecule is O=C(Cn1cncn1)N[C@@H](Cc1ccsc1)c1cccnc1. The zero-order valence-corrected chi connectivity index (χ0v) is 12.6. The summed E-state index contributed by atoms with van der Waals surface area (Å²) < 4.78 is 1.50. The Kier molecular flexibility index (Phi) is 4.55. The van der Waals surface area contributed by atoms with Gasteiger partial charge in [-0.25, -0.2) is 9.67 Å².